The average molecular weight is 341 g/mol. The monoisotopic (exact) mass is 341 g/mol. The van der Waals surface area contributed by atoms with Crippen molar-refractivity contribution in [3.05, 3.63) is 59.2 Å². The average Bonchev–Trinajstić information content (AvgIpc) is 2.61. The summed E-state index contributed by atoms with van der Waals surface area (Å²) in [6, 6.07) is 13.9. The molecule has 1 unspecified atom stereocenters. The molecule has 0 aliphatic carbocycles. The number of amides is 1. The highest BCUT2D eigenvalue weighted by Gasteiger charge is 2.14. The van der Waals surface area contributed by atoms with Crippen LogP contribution in [0.2, 0.25) is 0 Å². The van der Waals surface area contributed by atoms with Crippen molar-refractivity contribution in [2.45, 2.75) is 39.7 Å². The maximum absolute atomic E-state index is 12.2. The van der Waals surface area contributed by atoms with Gasteiger partial charge in [-0.3, -0.25) is 4.79 Å². The minimum absolute atomic E-state index is 0.0936. The van der Waals surface area contributed by atoms with Crippen LogP contribution in [0.3, 0.4) is 0 Å². The first-order valence-electron chi connectivity index (χ1n) is 8.64. The Hall–Kier alpha value is -2.49. The molecule has 0 heterocycles. The summed E-state index contributed by atoms with van der Waals surface area (Å²) in [5.41, 5.74) is 3.57. The molecule has 2 aromatic carbocycles. The number of benzene rings is 2. The highest BCUT2D eigenvalue weighted by molar-refractivity contribution is 5.80. The van der Waals surface area contributed by atoms with Gasteiger partial charge >= 0.3 is 0 Å². The highest BCUT2D eigenvalue weighted by Crippen LogP contribution is 2.18. The van der Waals surface area contributed by atoms with E-state index in [1.807, 2.05) is 43.3 Å². The first-order chi connectivity index (χ1) is 12.0. The van der Waals surface area contributed by atoms with Crippen molar-refractivity contribution < 1.29 is 14.3 Å². The zero-order valence-electron chi connectivity index (χ0n) is 15.5. The van der Waals surface area contributed by atoms with Gasteiger partial charge in [-0.2, -0.15) is 0 Å². The van der Waals surface area contributed by atoms with Crippen molar-refractivity contribution in [3.63, 3.8) is 0 Å². The SMILES string of the molecule is COc1cccc(CCCNC(=O)C(C)Oc2ccc(C)c(C)c2)c1. The Balaban J connectivity index is 1.74. The molecule has 134 valence electrons. The van der Waals surface area contributed by atoms with Crippen LogP contribution >= 0.6 is 0 Å². The van der Waals surface area contributed by atoms with E-state index in [9.17, 15) is 4.79 Å². The van der Waals surface area contributed by atoms with Crippen LogP contribution in [0.25, 0.3) is 0 Å². The Bertz CT molecular complexity index is 712. The fraction of sp³-hybridized carbons (Fsp3) is 0.381. The number of ether oxygens (including phenoxy) is 2. The van der Waals surface area contributed by atoms with Gasteiger partial charge in [0.1, 0.15) is 11.5 Å². The van der Waals surface area contributed by atoms with Crippen LogP contribution in [0.4, 0.5) is 0 Å². The topological polar surface area (TPSA) is 47.6 Å². The molecule has 2 rings (SSSR count). The molecule has 0 saturated carbocycles. The van der Waals surface area contributed by atoms with Crippen LogP contribution in [0.1, 0.15) is 30.0 Å². The predicted molar refractivity (Wildman–Crippen MR) is 100 cm³/mol. The van der Waals surface area contributed by atoms with Crippen LogP contribution < -0.4 is 14.8 Å². The molecule has 25 heavy (non-hydrogen) atoms. The second-order valence-corrected chi connectivity index (χ2v) is 6.25. The van der Waals surface area contributed by atoms with E-state index in [0.29, 0.717) is 6.54 Å². The van der Waals surface area contributed by atoms with Crippen molar-refractivity contribution >= 4 is 5.91 Å². The van der Waals surface area contributed by atoms with Gasteiger partial charge in [0.05, 0.1) is 7.11 Å². The van der Waals surface area contributed by atoms with E-state index < -0.39 is 6.10 Å². The molecule has 1 N–H and O–H groups in total. The van der Waals surface area contributed by atoms with Gasteiger partial charge in [0, 0.05) is 6.54 Å². The summed E-state index contributed by atoms with van der Waals surface area (Å²) in [4.78, 5) is 12.2. The first-order valence-corrected chi connectivity index (χ1v) is 8.64. The lowest BCUT2D eigenvalue weighted by atomic mass is 10.1. The zero-order chi connectivity index (χ0) is 18.2. The molecule has 0 fully saturated rings. The maximum atomic E-state index is 12.2. The first kappa shape index (κ1) is 18.8. The van der Waals surface area contributed by atoms with Gasteiger partial charge in [0.15, 0.2) is 6.10 Å². The molecule has 1 amide bonds. The Kier molecular flexibility index (Phi) is 6.87. The number of methoxy groups -OCH3 is 1. The van der Waals surface area contributed by atoms with Gasteiger partial charge in [-0.1, -0.05) is 18.2 Å². The number of carbonyl (C=O) groups excluding carboxylic acids is 1. The smallest absolute Gasteiger partial charge is 0.260 e. The summed E-state index contributed by atoms with van der Waals surface area (Å²) >= 11 is 0. The maximum Gasteiger partial charge on any atom is 0.260 e. The minimum atomic E-state index is -0.515. The second kappa shape index (κ2) is 9.11. The molecule has 0 aromatic heterocycles. The summed E-state index contributed by atoms with van der Waals surface area (Å²) in [5.74, 6) is 1.49. The summed E-state index contributed by atoms with van der Waals surface area (Å²) in [5, 5.41) is 2.93. The Morgan fingerprint density at radius 3 is 2.60 bits per heavy atom. The highest BCUT2D eigenvalue weighted by atomic mass is 16.5. The molecular formula is C21H27NO3. The third-order valence-electron chi connectivity index (χ3n) is 4.24. The quantitative estimate of drug-likeness (QED) is 0.742. The molecule has 0 aliphatic rings. The molecule has 1 atom stereocenters. The molecule has 0 radical (unpaired) electrons. The van der Waals surface area contributed by atoms with Gasteiger partial charge in [-0.25, -0.2) is 0 Å². The minimum Gasteiger partial charge on any atom is -0.497 e. The van der Waals surface area contributed by atoms with E-state index in [4.69, 9.17) is 9.47 Å². The van der Waals surface area contributed by atoms with E-state index in [1.54, 1.807) is 14.0 Å². The fourth-order valence-electron chi connectivity index (χ4n) is 2.52. The normalized spacial score (nSPS) is 11.7. The molecule has 0 saturated heterocycles. The van der Waals surface area contributed by atoms with Crippen molar-refractivity contribution in [2.75, 3.05) is 13.7 Å². The zero-order valence-corrected chi connectivity index (χ0v) is 15.5. The molecule has 0 bridgehead atoms. The van der Waals surface area contributed by atoms with Crippen LogP contribution in [0.5, 0.6) is 11.5 Å². The van der Waals surface area contributed by atoms with Gasteiger partial charge in [0.2, 0.25) is 0 Å². The number of hydrogen-bond donors (Lipinski definition) is 1. The van der Waals surface area contributed by atoms with Gasteiger partial charge in [-0.05, 0) is 74.6 Å². The summed E-state index contributed by atoms with van der Waals surface area (Å²) in [6.07, 6.45) is 1.25. The van der Waals surface area contributed by atoms with E-state index in [1.165, 1.54) is 11.1 Å². The molecule has 4 heteroatoms. The van der Waals surface area contributed by atoms with Gasteiger partial charge < -0.3 is 14.8 Å². The van der Waals surface area contributed by atoms with Crippen molar-refractivity contribution in [1.29, 1.82) is 0 Å². The predicted octanol–water partition coefficient (Wildman–Crippen LogP) is 3.83. The van der Waals surface area contributed by atoms with E-state index in [-0.39, 0.29) is 5.91 Å². The van der Waals surface area contributed by atoms with Crippen LogP contribution in [-0.4, -0.2) is 25.7 Å². The van der Waals surface area contributed by atoms with E-state index in [2.05, 4.69) is 18.3 Å². The number of nitrogens with one attached hydrogen (secondary N) is 1. The van der Waals surface area contributed by atoms with E-state index in [0.717, 1.165) is 29.9 Å². The second-order valence-electron chi connectivity index (χ2n) is 6.25. The van der Waals surface area contributed by atoms with Crippen LogP contribution in [0, 0.1) is 13.8 Å². The molecule has 2 aromatic rings. The molecule has 0 aliphatic heterocycles. The lowest BCUT2D eigenvalue weighted by Gasteiger charge is -2.15. The summed E-state index contributed by atoms with van der Waals surface area (Å²) in [6.45, 7) is 6.48. The Morgan fingerprint density at radius 1 is 1.08 bits per heavy atom. The van der Waals surface area contributed by atoms with E-state index >= 15 is 0 Å². The van der Waals surface area contributed by atoms with Gasteiger partial charge in [0.25, 0.3) is 5.91 Å². The summed E-state index contributed by atoms with van der Waals surface area (Å²) < 4.78 is 10.9. The van der Waals surface area contributed by atoms with Crippen molar-refractivity contribution in [2.24, 2.45) is 0 Å². The molecule has 0 spiro atoms. The van der Waals surface area contributed by atoms with Crippen LogP contribution in [0.15, 0.2) is 42.5 Å². The molecular weight excluding hydrogens is 314 g/mol. The number of aryl methyl sites for hydroxylation is 3. The third kappa shape index (κ3) is 5.82. The number of rotatable bonds is 8. The van der Waals surface area contributed by atoms with Crippen molar-refractivity contribution in [1.82, 2.24) is 5.32 Å². The number of carbonyl (C=O) groups is 1. The van der Waals surface area contributed by atoms with Crippen molar-refractivity contribution in [3.8, 4) is 11.5 Å². The van der Waals surface area contributed by atoms with Gasteiger partial charge in [-0.15, -0.1) is 0 Å². The lowest BCUT2D eigenvalue weighted by Crippen LogP contribution is -2.36. The standard InChI is InChI=1S/C21H27NO3/c1-15-10-11-20(13-16(15)2)25-17(3)21(23)22-12-6-8-18-7-5-9-19(14-18)24-4/h5,7,9-11,13-14,17H,6,8,12H2,1-4H3,(H,22,23). The Morgan fingerprint density at radius 2 is 1.88 bits per heavy atom. The summed E-state index contributed by atoms with van der Waals surface area (Å²) in [7, 11) is 1.66. The number of hydrogen-bond acceptors (Lipinski definition) is 3. The van der Waals surface area contributed by atoms with Crippen LogP contribution in [-0.2, 0) is 11.2 Å². The molecule has 4 nitrogen and oxygen atoms in total. The largest absolute Gasteiger partial charge is 0.497 e. The third-order valence-corrected chi connectivity index (χ3v) is 4.24. The lowest BCUT2D eigenvalue weighted by molar-refractivity contribution is -0.127. The Labute approximate surface area is 150 Å². The fourth-order valence-corrected chi connectivity index (χ4v) is 2.52.